The van der Waals surface area contributed by atoms with Gasteiger partial charge in [-0.25, -0.2) is 10.9 Å². The van der Waals surface area contributed by atoms with E-state index in [0.717, 1.165) is 30.0 Å². The number of hydrogen-bond donors (Lipinski definition) is 1. The molecule has 1 aliphatic heterocycles. The normalized spacial score (nSPS) is 14.2. The fraction of sp³-hybridized carbons (Fsp3) is 0.625. The number of nitrogens with zero attached hydrogens (tertiary/aromatic N) is 4. The van der Waals surface area contributed by atoms with Gasteiger partial charge in [0, 0.05) is 23.6 Å². The highest BCUT2D eigenvalue weighted by Gasteiger charge is 2.28. The molecule has 10 heteroatoms. The second kappa shape index (κ2) is 15.4. The van der Waals surface area contributed by atoms with Crippen LogP contribution in [0.25, 0.3) is 0 Å². The van der Waals surface area contributed by atoms with Crippen LogP contribution >= 0.6 is 11.8 Å². The molecule has 1 amide bonds. The van der Waals surface area contributed by atoms with Crippen LogP contribution in [0.2, 0.25) is 0 Å². The maximum Gasteiger partial charge on any atom is 0.283 e. The summed E-state index contributed by atoms with van der Waals surface area (Å²) in [6, 6.07) is 5.71. The third-order valence-electron chi connectivity index (χ3n) is 5.58. The van der Waals surface area contributed by atoms with Crippen LogP contribution in [0, 0.1) is 10.1 Å². The topological polar surface area (TPSA) is 123 Å². The van der Waals surface area contributed by atoms with Crippen molar-refractivity contribution in [2.75, 3.05) is 5.75 Å². The average molecular weight is 492 g/mol. The van der Waals surface area contributed by atoms with Crippen LogP contribution in [0.1, 0.15) is 84.5 Å². The molecule has 1 aromatic rings. The minimum atomic E-state index is -0.809. The standard InChI is InChI=1S/C24H37N5O4S/c1-3-4-5-6-7-8-9-10-11-12-13-22(33-21-16-14-20(15-17-21)29(31)32)23(30)28(25)24-27-26-19(2)18-34-24/h14-17,22H,3-13,18,25H2,1-2H3. The Morgan fingerprint density at radius 1 is 1.09 bits per heavy atom. The highest BCUT2D eigenvalue weighted by Crippen LogP contribution is 2.22. The lowest BCUT2D eigenvalue weighted by molar-refractivity contribution is -0.384. The summed E-state index contributed by atoms with van der Waals surface area (Å²) in [5, 5.41) is 20.3. The van der Waals surface area contributed by atoms with Crippen LogP contribution in [0.15, 0.2) is 34.5 Å². The number of thioether (sulfide) groups is 1. The van der Waals surface area contributed by atoms with Crippen LogP contribution < -0.4 is 10.6 Å². The number of nitrogens with two attached hydrogens (primary N) is 1. The van der Waals surface area contributed by atoms with Gasteiger partial charge in [0.1, 0.15) is 5.75 Å². The number of ether oxygens (including phenoxy) is 1. The summed E-state index contributed by atoms with van der Waals surface area (Å²) < 4.78 is 5.93. The van der Waals surface area contributed by atoms with E-state index in [2.05, 4.69) is 17.1 Å². The van der Waals surface area contributed by atoms with Gasteiger partial charge in [0.05, 0.1) is 4.92 Å². The molecule has 0 spiro atoms. The molecule has 0 aliphatic carbocycles. The van der Waals surface area contributed by atoms with Gasteiger partial charge in [-0.2, -0.15) is 5.10 Å². The first-order valence-electron chi connectivity index (χ1n) is 12.2. The smallest absolute Gasteiger partial charge is 0.283 e. The Morgan fingerprint density at radius 3 is 2.21 bits per heavy atom. The highest BCUT2D eigenvalue weighted by molar-refractivity contribution is 8.14. The van der Waals surface area contributed by atoms with Gasteiger partial charge < -0.3 is 4.74 Å². The van der Waals surface area contributed by atoms with E-state index in [1.807, 2.05) is 6.92 Å². The second-order valence-electron chi connectivity index (χ2n) is 8.54. The number of unbranched alkanes of at least 4 members (excludes halogenated alkanes) is 9. The number of nitro benzene ring substituents is 1. The fourth-order valence-corrected chi connectivity index (χ4v) is 4.31. The summed E-state index contributed by atoms with van der Waals surface area (Å²) in [6.07, 6.45) is 11.6. The summed E-state index contributed by atoms with van der Waals surface area (Å²) in [6.45, 7) is 4.09. The fourth-order valence-electron chi connectivity index (χ4n) is 3.58. The van der Waals surface area contributed by atoms with Gasteiger partial charge in [-0.1, -0.05) is 76.5 Å². The van der Waals surface area contributed by atoms with Crippen LogP contribution in [0.5, 0.6) is 5.75 Å². The van der Waals surface area contributed by atoms with Crippen molar-refractivity contribution in [3.63, 3.8) is 0 Å². The number of amides is 1. The van der Waals surface area contributed by atoms with Crippen molar-refractivity contribution in [1.29, 1.82) is 0 Å². The third kappa shape index (κ3) is 9.80. The van der Waals surface area contributed by atoms with Crippen molar-refractivity contribution in [2.45, 2.75) is 90.6 Å². The van der Waals surface area contributed by atoms with Gasteiger partial charge in [0.25, 0.3) is 11.6 Å². The van der Waals surface area contributed by atoms with Gasteiger partial charge >= 0.3 is 0 Å². The first kappa shape index (κ1) is 27.8. The molecule has 0 bridgehead atoms. The summed E-state index contributed by atoms with van der Waals surface area (Å²) in [5.74, 6) is 6.67. The molecular weight excluding hydrogens is 454 g/mol. The quantitative estimate of drug-likeness (QED) is 0.108. The van der Waals surface area contributed by atoms with E-state index >= 15 is 0 Å². The summed E-state index contributed by atoms with van der Waals surface area (Å²) in [4.78, 5) is 23.6. The minimum absolute atomic E-state index is 0.0356. The lowest BCUT2D eigenvalue weighted by Gasteiger charge is -2.25. The number of carbonyl (C=O) groups excluding carboxylic acids is 1. The molecule has 34 heavy (non-hydrogen) atoms. The van der Waals surface area contributed by atoms with Gasteiger partial charge in [0.15, 0.2) is 6.10 Å². The summed E-state index contributed by atoms with van der Waals surface area (Å²) in [5.41, 5.74) is 0.824. The molecule has 0 radical (unpaired) electrons. The number of benzene rings is 1. The van der Waals surface area contributed by atoms with Crippen molar-refractivity contribution < 1.29 is 14.5 Å². The van der Waals surface area contributed by atoms with E-state index in [0.29, 0.717) is 23.1 Å². The van der Waals surface area contributed by atoms with Gasteiger partial charge in [-0.15, -0.1) is 5.10 Å². The zero-order valence-corrected chi connectivity index (χ0v) is 21.1. The summed E-state index contributed by atoms with van der Waals surface area (Å²) in [7, 11) is 0. The van der Waals surface area contributed by atoms with Crippen LogP contribution in [0.3, 0.4) is 0 Å². The molecular formula is C24H37N5O4S. The Hall–Kier alpha value is -2.46. The number of carbonyl (C=O) groups is 1. The second-order valence-corrected chi connectivity index (χ2v) is 9.49. The number of nitro groups is 1. The Kier molecular flexibility index (Phi) is 12.6. The van der Waals surface area contributed by atoms with Crippen molar-refractivity contribution >= 4 is 34.2 Å². The monoisotopic (exact) mass is 491 g/mol. The van der Waals surface area contributed by atoms with E-state index in [9.17, 15) is 14.9 Å². The highest BCUT2D eigenvalue weighted by atomic mass is 32.2. The van der Waals surface area contributed by atoms with Gasteiger partial charge in [-0.3, -0.25) is 14.9 Å². The minimum Gasteiger partial charge on any atom is -0.481 e. The van der Waals surface area contributed by atoms with Crippen LogP contribution in [0.4, 0.5) is 5.69 Å². The van der Waals surface area contributed by atoms with Crippen molar-refractivity contribution in [3.05, 3.63) is 34.4 Å². The number of hydrogen-bond acceptors (Lipinski definition) is 8. The lowest BCUT2D eigenvalue weighted by Crippen LogP contribution is -2.49. The van der Waals surface area contributed by atoms with E-state index in [-0.39, 0.29) is 5.69 Å². The molecule has 0 saturated carbocycles. The van der Waals surface area contributed by atoms with Gasteiger partial charge in [0.2, 0.25) is 5.17 Å². The maximum atomic E-state index is 13.1. The SMILES string of the molecule is CCCCCCCCCCCCC(Oc1ccc([N+](=O)[O-])cc1)C(=O)N(N)C1=NN=C(C)CS1. The Balaban J connectivity index is 1.90. The lowest BCUT2D eigenvalue weighted by atomic mass is 10.0. The summed E-state index contributed by atoms with van der Waals surface area (Å²) >= 11 is 1.35. The Bertz CT molecular complexity index is 844. The van der Waals surface area contributed by atoms with Gasteiger partial charge in [-0.05, 0) is 31.9 Å². The van der Waals surface area contributed by atoms with Crippen molar-refractivity contribution in [1.82, 2.24) is 5.01 Å². The molecule has 1 atom stereocenters. The first-order chi connectivity index (χ1) is 16.4. The maximum absolute atomic E-state index is 13.1. The van der Waals surface area contributed by atoms with Crippen molar-refractivity contribution in [2.24, 2.45) is 16.0 Å². The number of amidine groups is 1. The predicted octanol–water partition coefficient (Wildman–Crippen LogP) is 5.83. The Labute approximate surface area is 206 Å². The van der Waals surface area contributed by atoms with E-state index < -0.39 is 16.9 Å². The predicted molar refractivity (Wildman–Crippen MR) is 138 cm³/mol. The molecule has 9 nitrogen and oxygen atoms in total. The first-order valence-corrected chi connectivity index (χ1v) is 13.1. The Morgan fingerprint density at radius 2 is 1.68 bits per heavy atom. The van der Waals surface area contributed by atoms with Crippen molar-refractivity contribution in [3.8, 4) is 5.75 Å². The third-order valence-corrected chi connectivity index (χ3v) is 6.68. The molecule has 0 aromatic heterocycles. The number of rotatable bonds is 15. The number of hydrazine groups is 1. The van der Waals surface area contributed by atoms with E-state index in [4.69, 9.17) is 10.6 Å². The van der Waals surface area contributed by atoms with Crippen LogP contribution in [-0.2, 0) is 4.79 Å². The molecule has 1 heterocycles. The molecule has 0 saturated heterocycles. The van der Waals surface area contributed by atoms with Crippen LogP contribution in [-0.4, -0.2) is 38.6 Å². The largest absolute Gasteiger partial charge is 0.481 e. The molecule has 1 unspecified atom stereocenters. The molecule has 188 valence electrons. The zero-order chi connectivity index (χ0) is 24.8. The zero-order valence-electron chi connectivity index (χ0n) is 20.3. The number of non-ortho nitro benzene ring substituents is 1. The van der Waals surface area contributed by atoms with E-state index in [1.54, 1.807) is 0 Å². The molecule has 0 fully saturated rings. The molecule has 1 aliphatic rings. The van der Waals surface area contributed by atoms with E-state index in [1.165, 1.54) is 81.0 Å². The molecule has 2 rings (SSSR count). The molecule has 1 aromatic carbocycles. The average Bonchev–Trinajstić information content (AvgIpc) is 2.84. The molecule has 2 N–H and O–H groups in total.